The summed E-state index contributed by atoms with van der Waals surface area (Å²) in [5, 5.41) is 0. The molecule has 0 saturated heterocycles. The van der Waals surface area contributed by atoms with E-state index in [0.29, 0.717) is 0 Å². The number of rotatable bonds is 2. The molecule has 0 spiro atoms. The van der Waals surface area contributed by atoms with Gasteiger partial charge in [-0.05, 0) is 38.0 Å². The van der Waals surface area contributed by atoms with Crippen molar-refractivity contribution < 1.29 is 0 Å². The zero-order valence-electron chi connectivity index (χ0n) is 10.4. The molecule has 0 bridgehead atoms. The second-order valence-corrected chi connectivity index (χ2v) is 4.37. The first kappa shape index (κ1) is 11.7. The quantitative estimate of drug-likeness (QED) is 0.857. The number of hydrogen-bond acceptors (Lipinski definition) is 3. The molecule has 0 aliphatic carbocycles. The van der Waals surface area contributed by atoms with Crippen LogP contribution in [0.1, 0.15) is 34.3 Å². The molecule has 3 heteroatoms. The van der Waals surface area contributed by atoms with E-state index in [1.165, 1.54) is 11.1 Å². The van der Waals surface area contributed by atoms with Gasteiger partial charge in [-0.25, -0.2) is 9.97 Å². The highest BCUT2D eigenvalue weighted by Crippen LogP contribution is 2.21. The average molecular weight is 227 g/mol. The van der Waals surface area contributed by atoms with E-state index in [-0.39, 0.29) is 6.04 Å². The third kappa shape index (κ3) is 2.50. The van der Waals surface area contributed by atoms with Gasteiger partial charge in [-0.1, -0.05) is 23.8 Å². The Balaban J connectivity index is 2.40. The van der Waals surface area contributed by atoms with Crippen LogP contribution in [0.5, 0.6) is 0 Å². The van der Waals surface area contributed by atoms with E-state index >= 15 is 0 Å². The Morgan fingerprint density at radius 3 is 2.53 bits per heavy atom. The molecule has 3 nitrogen and oxygen atoms in total. The van der Waals surface area contributed by atoms with Crippen molar-refractivity contribution in [3.8, 4) is 0 Å². The van der Waals surface area contributed by atoms with Crippen LogP contribution in [-0.2, 0) is 0 Å². The fourth-order valence-corrected chi connectivity index (χ4v) is 1.98. The molecule has 0 radical (unpaired) electrons. The molecule has 1 unspecified atom stereocenters. The summed E-state index contributed by atoms with van der Waals surface area (Å²) in [6.07, 6.45) is 1.75. The molecule has 1 heterocycles. The maximum atomic E-state index is 6.25. The smallest absolute Gasteiger partial charge is 0.125 e. The van der Waals surface area contributed by atoms with Crippen LogP contribution in [-0.4, -0.2) is 9.97 Å². The summed E-state index contributed by atoms with van der Waals surface area (Å²) in [6.45, 7) is 6.03. The molecule has 0 aliphatic rings. The van der Waals surface area contributed by atoms with Gasteiger partial charge in [0, 0.05) is 6.20 Å². The lowest BCUT2D eigenvalue weighted by atomic mass is 9.97. The summed E-state index contributed by atoms with van der Waals surface area (Å²) in [6, 6.07) is 7.99. The summed E-state index contributed by atoms with van der Waals surface area (Å²) in [4.78, 5) is 8.46. The molecule has 0 aliphatic heterocycles. The van der Waals surface area contributed by atoms with Crippen molar-refractivity contribution in [3.05, 3.63) is 58.7 Å². The number of aryl methyl sites for hydroxylation is 3. The van der Waals surface area contributed by atoms with Gasteiger partial charge in [-0.15, -0.1) is 0 Å². The summed E-state index contributed by atoms with van der Waals surface area (Å²) in [5.41, 5.74) is 10.7. The number of benzene rings is 1. The van der Waals surface area contributed by atoms with Crippen molar-refractivity contribution in [1.29, 1.82) is 0 Å². The minimum atomic E-state index is -0.183. The maximum absolute atomic E-state index is 6.25. The van der Waals surface area contributed by atoms with E-state index in [2.05, 4.69) is 42.0 Å². The lowest BCUT2D eigenvalue weighted by Gasteiger charge is -2.15. The topological polar surface area (TPSA) is 51.8 Å². The fraction of sp³-hybridized carbons (Fsp3) is 0.286. The summed E-state index contributed by atoms with van der Waals surface area (Å²) in [7, 11) is 0. The van der Waals surface area contributed by atoms with Crippen LogP contribution in [0.3, 0.4) is 0 Å². The lowest BCUT2D eigenvalue weighted by molar-refractivity contribution is 0.800. The van der Waals surface area contributed by atoms with Gasteiger partial charge in [0.25, 0.3) is 0 Å². The Morgan fingerprint density at radius 2 is 1.88 bits per heavy atom. The van der Waals surface area contributed by atoms with Gasteiger partial charge in [-0.2, -0.15) is 0 Å². The third-order valence-corrected chi connectivity index (χ3v) is 2.88. The molecular weight excluding hydrogens is 210 g/mol. The van der Waals surface area contributed by atoms with Crippen LogP contribution in [0, 0.1) is 20.8 Å². The highest BCUT2D eigenvalue weighted by atomic mass is 14.9. The molecule has 0 fully saturated rings. The van der Waals surface area contributed by atoms with E-state index in [0.717, 1.165) is 17.1 Å². The number of nitrogens with two attached hydrogens (primary N) is 1. The Hall–Kier alpha value is -1.74. The highest BCUT2D eigenvalue weighted by molar-refractivity contribution is 5.36. The van der Waals surface area contributed by atoms with E-state index in [1.54, 1.807) is 6.20 Å². The molecule has 0 amide bonds. The van der Waals surface area contributed by atoms with Gasteiger partial charge in [0.05, 0.1) is 11.7 Å². The molecule has 2 aromatic rings. The van der Waals surface area contributed by atoms with Crippen LogP contribution in [0.15, 0.2) is 30.5 Å². The SMILES string of the molecule is Cc1ccc(C(N)c2ccnc(C)n2)c(C)c1. The number of nitrogens with zero attached hydrogens (tertiary/aromatic N) is 2. The molecule has 2 N–H and O–H groups in total. The van der Waals surface area contributed by atoms with Crippen LogP contribution in [0.2, 0.25) is 0 Å². The first-order valence-corrected chi connectivity index (χ1v) is 5.70. The summed E-state index contributed by atoms with van der Waals surface area (Å²) >= 11 is 0. The molecule has 1 atom stereocenters. The predicted molar refractivity (Wildman–Crippen MR) is 68.7 cm³/mol. The first-order chi connectivity index (χ1) is 8.08. The molecule has 88 valence electrons. The number of aromatic nitrogens is 2. The van der Waals surface area contributed by atoms with Crippen molar-refractivity contribution in [2.24, 2.45) is 5.73 Å². The van der Waals surface area contributed by atoms with E-state index in [4.69, 9.17) is 5.73 Å². The van der Waals surface area contributed by atoms with E-state index in [1.807, 2.05) is 13.0 Å². The average Bonchev–Trinajstić information content (AvgIpc) is 2.28. The maximum Gasteiger partial charge on any atom is 0.125 e. The van der Waals surface area contributed by atoms with Crippen molar-refractivity contribution >= 4 is 0 Å². The molecular formula is C14H17N3. The summed E-state index contributed by atoms with van der Waals surface area (Å²) < 4.78 is 0. The normalized spacial score (nSPS) is 12.5. The molecule has 2 rings (SSSR count). The zero-order chi connectivity index (χ0) is 12.4. The Morgan fingerprint density at radius 1 is 1.12 bits per heavy atom. The monoisotopic (exact) mass is 227 g/mol. The molecule has 17 heavy (non-hydrogen) atoms. The molecule has 1 aromatic heterocycles. The Bertz CT molecular complexity index is 535. The number of hydrogen-bond donors (Lipinski definition) is 1. The van der Waals surface area contributed by atoms with Gasteiger partial charge < -0.3 is 5.73 Å². The predicted octanol–water partition coefficient (Wildman–Crippen LogP) is 2.45. The standard InChI is InChI=1S/C14H17N3/c1-9-4-5-12(10(2)8-9)14(15)13-6-7-16-11(3)17-13/h4-8,14H,15H2,1-3H3. The highest BCUT2D eigenvalue weighted by Gasteiger charge is 2.12. The van der Waals surface area contributed by atoms with Crippen LogP contribution >= 0.6 is 0 Å². The molecule has 1 aromatic carbocycles. The second-order valence-electron chi connectivity index (χ2n) is 4.37. The van der Waals surface area contributed by atoms with Gasteiger partial charge in [0.15, 0.2) is 0 Å². The fourth-order valence-electron chi connectivity index (χ4n) is 1.98. The van der Waals surface area contributed by atoms with Crippen molar-refractivity contribution in [3.63, 3.8) is 0 Å². The van der Waals surface area contributed by atoms with Crippen LogP contribution < -0.4 is 5.73 Å². The second kappa shape index (κ2) is 4.63. The minimum absolute atomic E-state index is 0.183. The lowest BCUT2D eigenvalue weighted by Crippen LogP contribution is -2.15. The van der Waals surface area contributed by atoms with Crippen LogP contribution in [0.25, 0.3) is 0 Å². The van der Waals surface area contributed by atoms with Gasteiger partial charge >= 0.3 is 0 Å². The largest absolute Gasteiger partial charge is 0.319 e. The van der Waals surface area contributed by atoms with E-state index < -0.39 is 0 Å². The van der Waals surface area contributed by atoms with Crippen molar-refractivity contribution in [2.45, 2.75) is 26.8 Å². The van der Waals surface area contributed by atoms with Gasteiger partial charge in [-0.3, -0.25) is 0 Å². The van der Waals surface area contributed by atoms with Gasteiger partial charge in [0.2, 0.25) is 0 Å². The summed E-state index contributed by atoms with van der Waals surface area (Å²) in [5.74, 6) is 0.753. The van der Waals surface area contributed by atoms with Crippen molar-refractivity contribution in [2.75, 3.05) is 0 Å². The van der Waals surface area contributed by atoms with Gasteiger partial charge in [0.1, 0.15) is 5.82 Å². The minimum Gasteiger partial charge on any atom is -0.319 e. The zero-order valence-corrected chi connectivity index (χ0v) is 10.4. The third-order valence-electron chi connectivity index (χ3n) is 2.88. The Labute approximate surface area is 102 Å². The molecule has 0 saturated carbocycles. The van der Waals surface area contributed by atoms with E-state index in [9.17, 15) is 0 Å². The van der Waals surface area contributed by atoms with Crippen molar-refractivity contribution in [1.82, 2.24) is 9.97 Å². The Kier molecular flexibility index (Phi) is 3.20. The van der Waals surface area contributed by atoms with Crippen LogP contribution in [0.4, 0.5) is 0 Å². The first-order valence-electron chi connectivity index (χ1n) is 5.70.